The van der Waals surface area contributed by atoms with Crippen LogP contribution in [0.5, 0.6) is 0 Å². The predicted octanol–water partition coefficient (Wildman–Crippen LogP) is 2.08. The highest BCUT2D eigenvalue weighted by Crippen LogP contribution is 2.18. The number of anilines is 2. The van der Waals surface area contributed by atoms with Crippen molar-refractivity contribution >= 4 is 17.3 Å². The zero-order valence-electron chi connectivity index (χ0n) is 13.6. The SMILES string of the molecule is CN1CCN(C(=O)c2cncc(Nc3ccc(C#N)cc3)c2)CC1. The van der Waals surface area contributed by atoms with Crippen molar-refractivity contribution in [1.29, 1.82) is 5.26 Å². The summed E-state index contributed by atoms with van der Waals surface area (Å²) in [5.74, 6) is 0.0130. The van der Waals surface area contributed by atoms with Gasteiger partial charge in [-0.25, -0.2) is 0 Å². The van der Waals surface area contributed by atoms with E-state index in [0.717, 1.165) is 37.6 Å². The monoisotopic (exact) mass is 321 g/mol. The van der Waals surface area contributed by atoms with Crippen LogP contribution in [0.15, 0.2) is 42.7 Å². The number of nitriles is 1. The summed E-state index contributed by atoms with van der Waals surface area (Å²) in [6.07, 6.45) is 3.28. The van der Waals surface area contributed by atoms with E-state index < -0.39 is 0 Å². The number of nitrogens with zero attached hydrogens (tertiary/aromatic N) is 4. The second kappa shape index (κ2) is 7.11. The van der Waals surface area contributed by atoms with Crippen LogP contribution in [0, 0.1) is 11.3 Å². The molecule has 0 atom stereocenters. The number of piperazine rings is 1. The Bertz CT molecular complexity index is 758. The molecule has 2 heterocycles. The van der Waals surface area contributed by atoms with Gasteiger partial charge in [0.15, 0.2) is 0 Å². The summed E-state index contributed by atoms with van der Waals surface area (Å²) in [5.41, 5.74) is 2.79. The number of likely N-dealkylation sites (N-methyl/N-ethyl adjacent to an activating group) is 1. The second-order valence-electron chi connectivity index (χ2n) is 5.87. The number of amides is 1. The Morgan fingerprint density at radius 3 is 2.50 bits per heavy atom. The third kappa shape index (κ3) is 3.70. The van der Waals surface area contributed by atoms with E-state index in [1.807, 2.05) is 23.1 Å². The smallest absolute Gasteiger partial charge is 0.255 e. The van der Waals surface area contributed by atoms with Crippen LogP contribution < -0.4 is 5.32 Å². The fourth-order valence-electron chi connectivity index (χ4n) is 2.61. The van der Waals surface area contributed by atoms with Crippen LogP contribution in [0.4, 0.5) is 11.4 Å². The average Bonchev–Trinajstić information content (AvgIpc) is 2.63. The van der Waals surface area contributed by atoms with Gasteiger partial charge >= 0.3 is 0 Å². The Balaban J connectivity index is 1.71. The number of rotatable bonds is 3. The van der Waals surface area contributed by atoms with Crippen molar-refractivity contribution in [2.75, 3.05) is 38.5 Å². The van der Waals surface area contributed by atoms with Gasteiger partial charge in [-0.05, 0) is 37.4 Å². The molecule has 1 aromatic heterocycles. The van der Waals surface area contributed by atoms with E-state index in [1.54, 1.807) is 24.5 Å². The Labute approximate surface area is 141 Å². The summed E-state index contributed by atoms with van der Waals surface area (Å²) in [4.78, 5) is 20.8. The maximum absolute atomic E-state index is 12.6. The number of carbonyl (C=O) groups is 1. The molecule has 2 aromatic rings. The lowest BCUT2D eigenvalue weighted by molar-refractivity contribution is 0.0663. The molecule has 0 saturated carbocycles. The number of hydrogen-bond acceptors (Lipinski definition) is 5. The normalized spacial score (nSPS) is 14.9. The van der Waals surface area contributed by atoms with Crippen LogP contribution in [0.3, 0.4) is 0 Å². The Hall–Kier alpha value is -2.91. The molecule has 0 bridgehead atoms. The molecule has 3 rings (SSSR count). The van der Waals surface area contributed by atoms with E-state index in [-0.39, 0.29) is 5.91 Å². The molecule has 1 aromatic carbocycles. The molecule has 0 aliphatic carbocycles. The van der Waals surface area contributed by atoms with Crippen LogP contribution in [0.2, 0.25) is 0 Å². The van der Waals surface area contributed by atoms with E-state index >= 15 is 0 Å². The molecule has 0 radical (unpaired) electrons. The summed E-state index contributed by atoms with van der Waals surface area (Å²) in [5, 5.41) is 12.0. The zero-order valence-corrected chi connectivity index (χ0v) is 13.6. The van der Waals surface area contributed by atoms with E-state index in [4.69, 9.17) is 5.26 Å². The molecule has 1 amide bonds. The molecule has 0 spiro atoms. The van der Waals surface area contributed by atoms with Crippen molar-refractivity contribution < 1.29 is 4.79 Å². The number of benzene rings is 1. The van der Waals surface area contributed by atoms with Gasteiger partial charge in [-0.3, -0.25) is 9.78 Å². The first-order valence-electron chi connectivity index (χ1n) is 7.86. The lowest BCUT2D eigenvalue weighted by Crippen LogP contribution is -2.47. The van der Waals surface area contributed by atoms with Crippen LogP contribution in [-0.4, -0.2) is 53.9 Å². The van der Waals surface area contributed by atoms with Gasteiger partial charge < -0.3 is 15.1 Å². The van der Waals surface area contributed by atoms with Crippen molar-refractivity contribution in [2.24, 2.45) is 0 Å². The van der Waals surface area contributed by atoms with Gasteiger partial charge in [-0.2, -0.15) is 5.26 Å². The van der Waals surface area contributed by atoms with Crippen molar-refractivity contribution in [3.05, 3.63) is 53.9 Å². The first-order valence-corrected chi connectivity index (χ1v) is 7.86. The molecule has 6 heteroatoms. The fraction of sp³-hybridized carbons (Fsp3) is 0.278. The van der Waals surface area contributed by atoms with Crippen LogP contribution in [-0.2, 0) is 0 Å². The van der Waals surface area contributed by atoms with E-state index in [0.29, 0.717) is 11.1 Å². The summed E-state index contributed by atoms with van der Waals surface area (Å²) in [7, 11) is 2.06. The molecule has 6 nitrogen and oxygen atoms in total. The lowest BCUT2D eigenvalue weighted by atomic mass is 10.2. The second-order valence-corrected chi connectivity index (χ2v) is 5.87. The summed E-state index contributed by atoms with van der Waals surface area (Å²) in [6, 6.07) is 11.0. The highest BCUT2D eigenvalue weighted by molar-refractivity contribution is 5.95. The van der Waals surface area contributed by atoms with E-state index in [9.17, 15) is 4.79 Å². The Morgan fingerprint density at radius 1 is 1.12 bits per heavy atom. The largest absolute Gasteiger partial charge is 0.354 e. The van der Waals surface area contributed by atoms with Gasteiger partial charge in [-0.15, -0.1) is 0 Å². The van der Waals surface area contributed by atoms with E-state index in [2.05, 4.69) is 28.3 Å². The van der Waals surface area contributed by atoms with Crippen LogP contribution in [0.25, 0.3) is 0 Å². The molecular weight excluding hydrogens is 302 g/mol. The maximum atomic E-state index is 12.6. The fourth-order valence-corrected chi connectivity index (χ4v) is 2.61. The molecule has 0 unspecified atom stereocenters. The number of aromatic nitrogens is 1. The summed E-state index contributed by atoms with van der Waals surface area (Å²) >= 11 is 0. The van der Waals surface area contributed by atoms with Crippen molar-refractivity contribution in [1.82, 2.24) is 14.8 Å². The number of carbonyl (C=O) groups excluding carboxylic acids is 1. The standard InChI is InChI=1S/C18H19N5O/c1-22-6-8-23(9-7-22)18(24)15-10-17(13-20-12-15)21-16-4-2-14(11-19)3-5-16/h2-5,10,12-13,21H,6-9H2,1H3. The molecule has 1 N–H and O–H groups in total. The maximum Gasteiger partial charge on any atom is 0.255 e. The Kier molecular flexibility index (Phi) is 4.73. The zero-order chi connectivity index (χ0) is 16.9. The molecule has 1 aliphatic heterocycles. The van der Waals surface area contributed by atoms with Crippen molar-refractivity contribution in [3.8, 4) is 6.07 Å². The van der Waals surface area contributed by atoms with Crippen molar-refractivity contribution in [3.63, 3.8) is 0 Å². The predicted molar refractivity (Wildman–Crippen MR) is 92.1 cm³/mol. The third-order valence-corrected chi connectivity index (χ3v) is 4.08. The Morgan fingerprint density at radius 2 is 1.83 bits per heavy atom. The minimum absolute atomic E-state index is 0.0130. The number of hydrogen-bond donors (Lipinski definition) is 1. The van der Waals surface area contributed by atoms with Gasteiger partial charge in [0.2, 0.25) is 0 Å². The third-order valence-electron chi connectivity index (χ3n) is 4.08. The molecular formula is C18H19N5O. The first-order chi connectivity index (χ1) is 11.7. The van der Waals surface area contributed by atoms with Gasteiger partial charge in [0.05, 0.1) is 29.1 Å². The summed E-state index contributed by atoms with van der Waals surface area (Å²) < 4.78 is 0. The number of pyridine rings is 1. The molecule has 1 aliphatic rings. The highest BCUT2D eigenvalue weighted by atomic mass is 16.2. The number of nitrogens with one attached hydrogen (secondary N) is 1. The van der Waals surface area contributed by atoms with E-state index in [1.165, 1.54) is 0 Å². The van der Waals surface area contributed by atoms with Crippen LogP contribution in [0.1, 0.15) is 15.9 Å². The molecule has 24 heavy (non-hydrogen) atoms. The molecule has 1 saturated heterocycles. The minimum Gasteiger partial charge on any atom is -0.354 e. The van der Waals surface area contributed by atoms with Gasteiger partial charge in [0.1, 0.15) is 0 Å². The average molecular weight is 321 g/mol. The molecule has 122 valence electrons. The summed E-state index contributed by atoms with van der Waals surface area (Å²) in [6.45, 7) is 3.26. The minimum atomic E-state index is 0.0130. The lowest BCUT2D eigenvalue weighted by Gasteiger charge is -2.32. The highest BCUT2D eigenvalue weighted by Gasteiger charge is 2.20. The molecule has 1 fully saturated rings. The van der Waals surface area contributed by atoms with Crippen molar-refractivity contribution in [2.45, 2.75) is 0 Å². The van der Waals surface area contributed by atoms with Gasteiger partial charge in [0, 0.05) is 38.1 Å². The quantitative estimate of drug-likeness (QED) is 0.937. The topological polar surface area (TPSA) is 72.3 Å². The first kappa shape index (κ1) is 16.0. The van der Waals surface area contributed by atoms with Gasteiger partial charge in [-0.1, -0.05) is 0 Å². The van der Waals surface area contributed by atoms with Gasteiger partial charge in [0.25, 0.3) is 5.91 Å². The van der Waals surface area contributed by atoms with Crippen LogP contribution >= 0.6 is 0 Å².